The van der Waals surface area contributed by atoms with E-state index in [2.05, 4.69) is 0 Å². The first-order chi connectivity index (χ1) is 13.8. The predicted octanol–water partition coefficient (Wildman–Crippen LogP) is 3.16. The average Bonchev–Trinajstić information content (AvgIpc) is 2.74. The van der Waals surface area contributed by atoms with Crippen LogP contribution in [0.1, 0.15) is 10.4 Å². The Morgan fingerprint density at radius 1 is 0.931 bits per heavy atom. The summed E-state index contributed by atoms with van der Waals surface area (Å²) in [6.45, 7) is 0.834. The molecule has 0 saturated carbocycles. The quantitative estimate of drug-likeness (QED) is 0.687. The fourth-order valence-corrected chi connectivity index (χ4v) is 4.96. The van der Waals surface area contributed by atoms with E-state index in [1.54, 1.807) is 29.2 Å². The van der Waals surface area contributed by atoms with Crippen molar-refractivity contribution in [1.29, 1.82) is 0 Å². The maximum Gasteiger partial charge on any atom is 0.253 e. The summed E-state index contributed by atoms with van der Waals surface area (Å²) in [5.41, 5.74) is 0.408. The van der Waals surface area contributed by atoms with Gasteiger partial charge in [0.25, 0.3) is 5.91 Å². The van der Waals surface area contributed by atoms with Crippen LogP contribution < -0.4 is 9.47 Å². The molecule has 29 heavy (non-hydrogen) atoms. The predicted molar refractivity (Wildman–Crippen MR) is 111 cm³/mol. The van der Waals surface area contributed by atoms with Gasteiger partial charge in [-0.3, -0.25) is 4.79 Å². The number of nitrogens with zero attached hydrogens (tertiary/aromatic N) is 2. The van der Waals surface area contributed by atoms with E-state index in [4.69, 9.17) is 32.7 Å². The second kappa shape index (κ2) is 8.79. The van der Waals surface area contributed by atoms with Gasteiger partial charge >= 0.3 is 0 Å². The molecule has 1 amide bonds. The Morgan fingerprint density at radius 2 is 1.62 bits per heavy atom. The monoisotopic (exact) mass is 458 g/mol. The molecule has 2 aromatic carbocycles. The summed E-state index contributed by atoms with van der Waals surface area (Å²) >= 11 is 11.9. The van der Waals surface area contributed by atoms with Crippen molar-refractivity contribution in [3.8, 4) is 11.5 Å². The average molecular weight is 459 g/mol. The molecular formula is C19H20Cl2N2O5S. The Morgan fingerprint density at radius 3 is 2.21 bits per heavy atom. The lowest BCUT2D eigenvalue weighted by atomic mass is 10.2. The number of halogens is 2. The van der Waals surface area contributed by atoms with Crippen molar-refractivity contribution in [3.63, 3.8) is 0 Å². The lowest BCUT2D eigenvalue weighted by Gasteiger charge is -2.34. The van der Waals surface area contributed by atoms with Crippen molar-refractivity contribution in [1.82, 2.24) is 9.21 Å². The Bertz CT molecular complexity index is 1020. The first kappa shape index (κ1) is 21.7. The second-order valence-electron chi connectivity index (χ2n) is 6.34. The molecule has 0 radical (unpaired) electrons. The molecule has 1 heterocycles. The smallest absolute Gasteiger partial charge is 0.253 e. The minimum atomic E-state index is -3.81. The van der Waals surface area contributed by atoms with Crippen LogP contribution in [0.15, 0.2) is 41.3 Å². The van der Waals surface area contributed by atoms with E-state index >= 15 is 0 Å². The molecule has 2 aromatic rings. The number of carbonyl (C=O) groups excluding carboxylic acids is 1. The fraction of sp³-hybridized carbons (Fsp3) is 0.316. The zero-order chi connectivity index (χ0) is 21.2. The zero-order valence-corrected chi connectivity index (χ0v) is 18.2. The van der Waals surface area contributed by atoms with Crippen LogP contribution in [0.2, 0.25) is 10.0 Å². The molecule has 0 unspecified atom stereocenters. The topological polar surface area (TPSA) is 76.2 Å². The first-order valence-electron chi connectivity index (χ1n) is 8.74. The van der Waals surface area contributed by atoms with Gasteiger partial charge in [0.1, 0.15) is 16.4 Å². The van der Waals surface area contributed by atoms with Crippen molar-refractivity contribution in [2.24, 2.45) is 0 Å². The van der Waals surface area contributed by atoms with Crippen molar-refractivity contribution in [2.45, 2.75) is 4.90 Å². The number of piperazine rings is 1. The number of ether oxygens (including phenoxy) is 2. The van der Waals surface area contributed by atoms with Crippen LogP contribution in [-0.2, 0) is 10.0 Å². The van der Waals surface area contributed by atoms with Gasteiger partial charge in [-0.25, -0.2) is 8.42 Å². The Balaban J connectivity index is 1.76. The molecule has 0 aromatic heterocycles. The van der Waals surface area contributed by atoms with Gasteiger partial charge in [-0.15, -0.1) is 0 Å². The Labute approximate surface area is 179 Å². The standard InChI is InChI=1S/C19H20Cl2N2O5S/c1-27-14-4-6-17(28-2)18(12-14)29(25,26)23-9-7-22(8-10-23)19(24)13-3-5-15(20)16(21)11-13/h3-6,11-12H,7-10H2,1-2H3. The second-order valence-corrected chi connectivity index (χ2v) is 9.06. The molecule has 0 atom stereocenters. The highest BCUT2D eigenvalue weighted by molar-refractivity contribution is 7.89. The maximum atomic E-state index is 13.1. The van der Waals surface area contributed by atoms with E-state index < -0.39 is 10.0 Å². The highest BCUT2D eigenvalue weighted by Gasteiger charge is 2.32. The minimum absolute atomic E-state index is 0.0311. The number of amides is 1. The summed E-state index contributed by atoms with van der Waals surface area (Å²) in [7, 11) is -0.936. The van der Waals surface area contributed by atoms with Crippen LogP contribution in [-0.4, -0.2) is 63.9 Å². The van der Waals surface area contributed by atoms with Gasteiger partial charge < -0.3 is 14.4 Å². The maximum absolute atomic E-state index is 13.1. The molecule has 0 bridgehead atoms. The number of sulfonamides is 1. The van der Waals surface area contributed by atoms with Crippen LogP contribution in [0.5, 0.6) is 11.5 Å². The summed E-state index contributed by atoms with van der Waals surface area (Å²) in [5.74, 6) is 0.428. The summed E-state index contributed by atoms with van der Waals surface area (Å²) in [5, 5.41) is 0.662. The lowest BCUT2D eigenvalue weighted by Crippen LogP contribution is -2.50. The molecule has 7 nitrogen and oxygen atoms in total. The molecule has 1 aliphatic heterocycles. The third-order valence-electron chi connectivity index (χ3n) is 4.68. The van der Waals surface area contributed by atoms with Crippen LogP contribution in [0.3, 0.4) is 0 Å². The number of hydrogen-bond donors (Lipinski definition) is 0. The summed E-state index contributed by atoms with van der Waals surface area (Å²) in [4.78, 5) is 14.3. The molecular weight excluding hydrogens is 439 g/mol. The van der Waals surface area contributed by atoms with Gasteiger partial charge in [-0.05, 0) is 30.3 Å². The van der Waals surface area contributed by atoms with Crippen molar-refractivity contribution < 1.29 is 22.7 Å². The van der Waals surface area contributed by atoms with Crippen LogP contribution in [0, 0.1) is 0 Å². The number of benzene rings is 2. The van der Waals surface area contributed by atoms with Gasteiger partial charge in [0, 0.05) is 37.8 Å². The van der Waals surface area contributed by atoms with E-state index in [0.29, 0.717) is 21.4 Å². The molecule has 3 rings (SSSR count). The van der Waals surface area contributed by atoms with E-state index in [1.165, 1.54) is 30.7 Å². The summed E-state index contributed by atoms with van der Waals surface area (Å²) in [6.07, 6.45) is 0. The van der Waals surface area contributed by atoms with Crippen molar-refractivity contribution in [2.75, 3.05) is 40.4 Å². The van der Waals surface area contributed by atoms with Crippen LogP contribution >= 0.6 is 23.2 Å². The molecule has 1 fully saturated rings. The van der Waals surface area contributed by atoms with Crippen molar-refractivity contribution in [3.05, 3.63) is 52.0 Å². The highest BCUT2D eigenvalue weighted by atomic mass is 35.5. The molecule has 1 aliphatic rings. The SMILES string of the molecule is COc1ccc(OC)c(S(=O)(=O)N2CCN(C(=O)c3ccc(Cl)c(Cl)c3)CC2)c1. The molecule has 1 saturated heterocycles. The van der Waals surface area contributed by atoms with E-state index in [0.717, 1.165) is 0 Å². The van der Waals surface area contributed by atoms with Gasteiger partial charge in [0.2, 0.25) is 10.0 Å². The van der Waals surface area contributed by atoms with Gasteiger partial charge in [0.15, 0.2) is 0 Å². The highest BCUT2D eigenvalue weighted by Crippen LogP contribution is 2.31. The Hall–Kier alpha value is -2.00. The normalized spacial score (nSPS) is 15.2. The van der Waals surface area contributed by atoms with Crippen molar-refractivity contribution >= 4 is 39.1 Å². The summed E-state index contributed by atoms with van der Waals surface area (Å²) < 4.78 is 37.9. The molecule has 0 spiro atoms. The Kier molecular flexibility index (Phi) is 6.58. The number of carbonyl (C=O) groups is 1. The molecule has 0 N–H and O–H groups in total. The van der Waals surface area contributed by atoms with Gasteiger partial charge in [-0.1, -0.05) is 23.2 Å². The molecule has 156 valence electrons. The van der Waals surface area contributed by atoms with E-state index in [1.807, 2.05) is 0 Å². The largest absolute Gasteiger partial charge is 0.497 e. The molecule has 0 aliphatic carbocycles. The number of rotatable bonds is 5. The van der Waals surface area contributed by atoms with Gasteiger partial charge in [-0.2, -0.15) is 4.31 Å². The first-order valence-corrected chi connectivity index (χ1v) is 10.9. The fourth-order valence-electron chi connectivity index (χ4n) is 3.07. The third kappa shape index (κ3) is 4.45. The summed E-state index contributed by atoms with van der Waals surface area (Å²) in [6, 6.07) is 9.28. The lowest BCUT2D eigenvalue weighted by molar-refractivity contribution is 0.0698. The van der Waals surface area contributed by atoms with E-state index in [9.17, 15) is 13.2 Å². The number of methoxy groups -OCH3 is 2. The van der Waals surface area contributed by atoms with Crippen LogP contribution in [0.4, 0.5) is 0 Å². The minimum Gasteiger partial charge on any atom is -0.497 e. The van der Waals surface area contributed by atoms with E-state index in [-0.39, 0.29) is 42.7 Å². The molecule has 10 heteroatoms. The van der Waals surface area contributed by atoms with Gasteiger partial charge in [0.05, 0.1) is 24.3 Å². The zero-order valence-electron chi connectivity index (χ0n) is 15.9. The van der Waals surface area contributed by atoms with Crippen LogP contribution in [0.25, 0.3) is 0 Å². The third-order valence-corrected chi connectivity index (χ3v) is 7.34. The number of hydrogen-bond acceptors (Lipinski definition) is 5.